The van der Waals surface area contributed by atoms with Crippen molar-refractivity contribution in [3.8, 4) is 0 Å². The van der Waals surface area contributed by atoms with Gasteiger partial charge in [0.1, 0.15) is 0 Å². The number of rotatable bonds is 6. The average molecular weight is 268 g/mol. The summed E-state index contributed by atoms with van der Waals surface area (Å²) < 4.78 is 0. The van der Waals surface area contributed by atoms with E-state index in [1.165, 1.54) is 5.56 Å². The molecular formula is C17H20N2O. The molecule has 1 aromatic heterocycles. The highest BCUT2D eigenvalue weighted by Gasteiger charge is 2.15. The minimum Gasteiger partial charge on any atom is -0.321 e. The molecule has 0 bridgehead atoms. The molecule has 0 saturated carbocycles. The average Bonchev–Trinajstić information content (AvgIpc) is 2.49. The Hall–Kier alpha value is -2.00. The van der Waals surface area contributed by atoms with Crippen molar-refractivity contribution in [2.45, 2.75) is 32.2 Å². The molecule has 2 aromatic rings. The highest BCUT2D eigenvalue weighted by atomic mass is 16.1. The molecule has 0 radical (unpaired) electrons. The van der Waals surface area contributed by atoms with Crippen LogP contribution in [-0.4, -0.2) is 16.8 Å². The second kappa shape index (κ2) is 6.96. The number of aryl methyl sites for hydroxylation is 1. The maximum atomic E-state index is 12.1. The zero-order chi connectivity index (χ0) is 14.4. The Morgan fingerprint density at radius 1 is 1.15 bits per heavy atom. The van der Waals surface area contributed by atoms with Crippen LogP contribution in [0.5, 0.6) is 0 Å². The van der Waals surface area contributed by atoms with Crippen LogP contribution in [-0.2, 0) is 24.1 Å². The van der Waals surface area contributed by atoms with E-state index in [1.54, 1.807) is 0 Å². The summed E-state index contributed by atoms with van der Waals surface area (Å²) in [5, 5.41) is 0. The molecule has 2 rings (SSSR count). The van der Waals surface area contributed by atoms with Gasteiger partial charge in [-0.25, -0.2) is 0 Å². The van der Waals surface area contributed by atoms with Gasteiger partial charge in [0.05, 0.1) is 12.5 Å². The van der Waals surface area contributed by atoms with Gasteiger partial charge in [-0.05, 0) is 30.0 Å². The van der Waals surface area contributed by atoms with E-state index in [1.807, 2.05) is 48.7 Å². The van der Waals surface area contributed by atoms with Gasteiger partial charge in [-0.2, -0.15) is 0 Å². The van der Waals surface area contributed by atoms with Crippen molar-refractivity contribution < 1.29 is 4.79 Å². The molecule has 20 heavy (non-hydrogen) atoms. The number of hydrogen-bond donors (Lipinski definition) is 1. The molecule has 104 valence electrons. The van der Waals surface area contributed by atoms with Gasteiger partial charge in [0, 0.05) is 11.9 Å². The maximum absolute atomic E-state index is 12.1. The molecule has 1 heterocycles. The van der Waals surface area contributed by atoms with Crippen molar-refractivity contribution in [1.29, 1.82) is 0 Å². The Morgan fingerprint density at radius 2 is 1.90 bits per heavy atom. The van der Waals surface area contributed by atoms with Crippen LogP contribution in [0.15, 0.2) is 48.7 Å². The van der Waals surface area contributed by atoms with Crippen LogP contribution in [0.1, 0.15) is 23.7 Å². The number of carbonyl (C=O) groups excluding carboxylic acids is 1. The Bertz CT molecular complexity index is 549. The largest absolute Gasteiger partial charge is 0.321 e. The highest BCUT2D eigenvalue weighted by Crippen LogP contribution is 2.06. The quantitative estimate of drug-likeness (QED) is 0.874. The van der Waals surface area contributed by atoms with Crippen molar-refractivity contribution in [2.75, 3.05) is 0 Å². The Balaban J connectivity index is 1.93. The molecule has 1 atom stereocenters. The SMILES string of the molecule is CCc1ccc(CC(=O)C(N)Cc2ccccc2)nc1. The van der Waals surface area contributed by atoms with E-state index < -0.39 is 6.04 Å². The first-order valence-electron chi connectivity index (χ1n) is 6.95. The normalized spacial score (nSPS) is 12.1. The summed E-state index contributed by atoms with van der Waals surface area (Å²) in [7, 11) is 0. The monoisotopic (exact) mass is 268 g/mol. The van der Waals surface area contributed by atoms with Crippen LogP contribution in [0.3, 0.4) is 0 Å². The number of hydrogen-bond acceptors (Lipinski definition) is 3. The number of carbonyl (C=O) groups is 1. The second-order valence-electron chi connectivity index (χ2n) is 4.95. The van der Waals surface area contributed by atoms with Crippen molar-refractivity contribution in [1.82, 2.24) is 4.98 Å². The molecule has 0 saturated heterocycles. The third kappa shape index (κ3) is 4.00. The van der Waals surface area contributed by atoms with Crippen LogP contribution in [0.2, 0.25) is 0 Å². The predicted octanol–water partition coefficient (Wildman–Crippen LogP) is 2.33. The van der Waals surface area contributed by atoms with E-state index in [0.29, 0.717) is 12.8 Å². The van der Waals surface area contributed by atoms with Gasteiger partial charge < -0.3 is 5.73 Å². The number of Topliss-reactive ketones (excluding diaryl/α,β-unsaturated/α-hetero) is 1. The summed E-state index contributed by atoms with van der Waals surface area (Å²) in [4.78, 5) is 16.4. The molecule has 0 fully saturated rings. The molecule has 0 amide bonds. The minimum absolute atomic E-state index is 0.0330. The van der Waals surface area contributed by atoms with Crippen LogP contribution >= 0.6 is 0 Å². The van der Waals surface area contributed by atoms with Gasteiger partial charge in [-0.1, -0.05) is 43.3 Å². The topological polar surface area (TPSA) is 56.0 Å². The molecule has 3 heteroatoms. The molecule has 1 unspecified atom stereocenters. The van der Waals surface area contributed by atoms with Crippen LogP contribution in [0.4, 0.5) is 0 Å². The predicted molar refractivity (Wildman–Crippen MR) is 80.4 cm³/mol. The van der Waals surface area contributed by atoms with Crippen molar-refractivity contribution in [3.05, 3.63) is 65.5 Å². The minimum atomic E-state index is -0.468. The molecule has 0 spiro atoms. The third-order valence-electron chi connectivity index (χ3n) is 3.36. The number of ketones is 1. The summed E-state index contributed by atoms with van der Waals surface area (Å²) in [5.41, 5.74) is 9.03. The van der Waals surface area contributed by atoms with E-state index in [9.17, 15) is 4.79 Å². The van der Waals surface area contributed by atoms with E-state index in [4.69, 9.17) is 5.73 Å². The molecule has 0 aliphatic carbocycles. The lowest BCUT2D eigenvalue weighted by Crippen LogP contribution is -2.34. The first kappa shape index (κ1) is 14.4. The van der Waals surface area contributed by atoms with E-state index in [-0.39, 0.29) is 5.78 Å². The highest BCUT2D eigenvalue weighted by molar-refractivity contribution is 5.85. The van der Waals surface area contributed by atoms with Crippen LogP contribution in [0, 0.1) is 0 Å². The number of benzene rings is 1. The number of nitrogens with zero attached hydrogens (tertiary/aromatic N) is 1. The van der Waals surface area contributed by atoms with Crippen molar-refractivity contribution in [3.63, 3.8) is 0 Å². The third-order valence-corrected chi connectivity index (χ3v) is 3.36. The second-order valence-corrected chi connectivity index (χ2v) is 4.95. The summed E-state index contributed by atoms with van der Waals surface area (Å²) >= 11 is 0. The van der Waals surface area contributed by atoms with Crippen molar-refractivity contribution in [2.24, 2.45) is 5.73 Å². The van der Waals surface area contributed by atoms with Gasteiger partial charge in [0.25, 0.3) is 0 Å². The lowest BCUT2D eigenvalue weighted by Gasteiger charge is -2.10. The Labute approximate surface area is 119 Å². The first-order chi connectivity index (χ1) is 9.69. The summed E-state index contributed by atoms with van der Waals surface area (Å²) in [6.07, 6.45) is 3.66. The maximum Gasteiger partial charge on any atom is 0.155 e. The number of nitrogens with two attached hydrogens (primary N) is 1. The van der Waals surface area contributed by atoms with E-state index >= 15 is 0 Å². The zero-order valence-electron chi connectivity index (χ0n) is 11.8. The Morgan fingerprint density at radius 3 is 2.50 bits per heavy atom. The number of pyridine rings is 1. The lowest BCUT2D eigenvalue weighted by molar-refractivity contribution is -0.119. The standard InChI is InChI=1S/C17H20N2O/c1-2-13-8-9-15(19-12-13)11-17(20)16(18)10-14-6-4-3-5-7-14/h3-9,12,16H,2,10-11,18H2,1H3. The van der Waals surface area contributed by atoms with Gasteiger partial charge in [-0.15, -0.1) is 0 Å². The lowest BCUT2D eigenvalue weighted by atomic mass is 10.0. The zero-order valence-corrected chi connectivity index (χ0v) is 11.8. The van der Waals surface area contributed by atoms with Gasteiger partial charge in [0.2, 0.25) is 0 Å². The van der Waals surface area contributed by atoms with Gasteiger partial charge in [0.15, 0.2) is 5.78 Å². The van der Waals surface area contributed by atoms with Gasteiger partial charge in [-0.3, -0.25) is 9.78 Å². The molecule has 2 N–H and O–H groups in total. The fourth-order valence-electron chi connectivity index (χ4n) is 2.06. The molecule has 0 aliphatic rings. The first-order valence-corrected chi connectivity index (χ1v) is 6.95. The van der Waals surface area contributed by atoms with E-state index in [0.717, 1.165) is 17.7 Å². The van der Waals surface area contributed by atoms with E-state index in [2.05, 4.69) is 11.9 Å². The smallest absolute Gasteiger partial charge is 0.155 e. The Kier molecular flexibility index (Phi) is 5.02. The molecular weight excluding hydrogens is 248 g/mol. The number of aromatic nitrogens is 1. The molecule has 3 nitrogen and oxygen atoms in total. The van der Waals surface area contributed by atoms with Crippen molar-refractivity contribution >= 4 is 5.78 Å². The van der Waals surface area contributed by atoms with Gasteiger partial charge >= 0.3 is 0 Å². The summed E-state index contributed by atoms with van der Waals surface area (Å²) in [6.45, 7) is 2.08. The van der Waals surface area contributed by atoms with Crippen LogP contribution in [0.25, 0.3) is 0 Å². The summed E-state index contributed by atoms with van der Waals surface area (Å²) in [5.74, 6) is 0.0330. The fourth-order valence-corrected chi connectivity index (χ4v) is 2.06. The molecule has 1 aromatic carbocycles. The van der Waals surface area contributed by atoms with Crippen LogP contribution < -0.4 is 5.73 Å². The molecule has 0 aliphatic heterocycles. The summed E-state index contributed by atoms with van der Waals surface area (Å²) in [6, 6.07) is 13.3. The fraction of sp³-hybridized carbons (Fsp3) is 0.294.